The fourth-order valence-electron chi connectivity index (χ4n) is 2.17. The highest BCUT2D eigenvalue weighted by molar-refractivity contribution is 7.89. The van der Waals surface area contributed by atoms with Crippen molar-refractivity contribution in [1.29, 1.82) is 0 Å². The van der Waals surface area contributed by atoms with E-state index in [4.69, 9.17) is 9.47 Å². The summed E-state index contributed by atoms with van der Waals surface area (Å²) in [5.41, 5.74) is 1.02. The molecule has 1 aliphatic heterocycles. The molecule has 1 atom stereocenters. The van der Waals surface area contributed by atoms with Crippen LogP contribution in [0, 0.1) is 18.8 Å². The van der Waals surface area contributed by atoms with Crippen LogP contribution in [0.4, 0.5) is 0 Å². The summed E-state index contributed by atoms with van der Waals surface area (Å²) in [5.74, 6) is 5.78. The first-order valence-corrected chi connectivity index (χ1v) is 9.31. The van der Waals surface area contributed by atoms with Crippen molar-refractivity contribution < 1.29 is 17.9 Å². The molecule has 1 fully saturated rings. The number of benzene rings is 1. The molecule has 2 rings (SSSR count). The summed E-state index contributed by atoms with van der Waals surface area (Å²) in [5, 5.41) is 0. The van der Waals surface area contributed by atoms with Gasteiger partial charge in [-0.05, 0) is 38.3 Å². The Labute approximate surface area is 138 Å². The Morgan fingerprint density at radius 3 is 2.74 bits per heavy atom. The van der Waals surface area contributed by atoms with Crippen LogP contribution in [0.25, 0.3) is 0 Å². The molecule has 0 spiro atoms. The normalized spacial score (nSPS) is 18.2. The smallest absolute Gasteiger partial charge is 0.240 e. The van der Waals surface area contributed by atoms with Crippen molar-refractivity contribution in [3.05, 3.63) is 29.8 Å². The molecular weight excluding hydrogens is 314 g/mol. The molecular formula is C17H23NO4S. The molecule has 1 heterocycles. The van der Waals surface area contributed by atoms with Crippen LogP contribution < -0.4 is 4.72 Å². The van der Waals surface area contributed by atoms with Gasteiger partial charge in [-0.15, -0.1) is 0 Å². The Bertz CT molecular complexity index is 637. The van der Waals surface area contributed by atoms with Crippen molar-refractivity contribution >= 4 is 10.0 Å². The third-order valence-corrected chi connectivity index (χ3v) is 4.95. The molecule has 1 unspecified atom stereocenters. The molecule has 0 bridgehead atoms. The second kappa shape index (κ2) is 9.04. The van der Waals surface area contributed by atoms with E-state index in [1.807, 2.05) is 6.92 Å². The first kappa shape index (κ1) is 18.0. The van der Waals surface area contributed by atoms with Gasteiger partial charge < -0.3 is 9.47 Å². The lowest BCUT2D eigenvalue weighted by Crippen LogP contribution is -2.24. The van der Waals surface area contributed by atoms with Gasteiger partial charge in [0.05, 0.1) is 4.90 Å². The Hall–Kier alpha value is -1.39. The lowest BCUT2D eigenvalue weighted by atomic mass is 10.2. The number of rotatable bonds is 6. The van der Waals surface area contributed by atoms with Crippen molar-refractivity contribution in [3.8, 4) is 11.8 Å². The Kier molecular flexibility index (Phi) is 7.06. The topological polar surface area (TPSA) is 64.6 Å². The monoisotopic (exact) mass is 337 g/mol. The molecule has 126 valence electrons. The standard InChI is InChI=1S/C17H23NO4S/c1-15-8-10-16(11-9-15)23(19,20)18-12-4-2-5-13-21-17-7-3-6-14-22-17/h8-11,17-18H,3-4,6-7,12-14H2,1H3. The summed E-state index contributed by atoms with van der Waals surface area (Å²) >= 11 is 0. The van der Waals surface area contributed by atoms with Crippen LogP contribution >= 0.6 is 0 Å². The number of sulfonamides is 1. The van der Waals surface area contributed by atoms with E-state index in [9.17, 15) is 8.42 Å². The van der Waals surface area contributed by atoms with E-state index in [1.165, 1.54) is 0 Å². The predicted molar refractivity (Wildman–Crippen MR) is 88.3 cm³/mol. The minimum Gasteiger partial charge on any atom is -0.353 e. The average Bonchev–Trinajstić information content (AvgIpc) is 2.55. The van der Waals surface area contributed by atoms with Gasteiger partial charge in [-0.2, -0.15) is 0 Å². The largest absolute Gasteiger partial charge is 0.353 e. The highest BCUT2D eigenvalue weighted by atomic mass is 32.2. The van der Waals surface area contributed by atoms with Crippen LogP contribution in [0.15, 0.2) is 29.2 Å². The molecule has 5 nitrogen and oxygen atoms in total. The van der Waals surface area contributed by atoms with Crippen molar-refractivity contribution in [1.82, 2.24) is 4.72 Å². The van der Waals surface area contributed by atoms with Gasteiger partial charge in [0.15, 0.2) is 6.29 Å². The molecule has 1 N–H and O–H groups in total. The average molecular weight is 337 g/mol. The first-order chi connectivity index (χ1) is 11.1. The molecule has 1 aliphatic rings. The van der Waals surface area contributed by atoms with Crippen LogP contribution in [-0.4, -0.2) is 34.5 Å². The van der Waals surface area contributed by atoms with Gasteiger partial charge in [-0.3, -0.25) is 0 Å². The fourth-order valence-corrected chi connectivity index (χ4v) is 3.20. The number of nitrogens with one attached hydrogen (secondary N) is 1. The molecule has 6 heteroatoms. The first-order valence-electron chi connectivity index (χ1n) is 7.83. The van der Waals surface area contributed by atoms with Crippen molar-refractivity contribution in [2.24, 2.45) is 0 Å². The zero-order valence-corrected chi connectivity index (χ0v) is 14.2. The molecule has 23 heavy (non-hydrogen) atoms. The van der Waals surface area contributed by atoms with Gasteiger partial charge in [-0.1, -0.05) is 29.5 Å². The van der Waals surface area contributed by atoms with Crippen LogP contribution in [0.2, 0.25) is 0 Å². The lowest BCUT2D eigenvalue weighted by molar-refractivity contribution is -0.154. The number of hydrogen-bond acceptors (Lipinski definition) is 4. The maximum atomic E-state index is 12.0. The van der Waals surface area contributed by atoms with Crippen LogP contribution in [-0.2, 0) is 19.5 Å². The van der Waals surface area contributed by atoms with Crippen molar-refractivity contribution in [3.63, 3.8) is 0 Å². The second-order valence-electron chi connectivity index (χ2n) is 5.42. The van der Waals surface area contributed by atoms with Gasteiger partial charge in [0, 0.05) is 19.6 Å². The third kappa shape index (κ3) is 6.32. The van der Waals surface area contributed by atoms with Gasteiger partial charge in [0.2, 0.25) is 10.0 Å². The van der Waals surface area contributed by atoms with E-state index in [1.54, 1.807) is 24.3 Å². The predicted octanol–water partition coefficient (Wildman–Crippen LogP) is 2.21. The lowest BCUT2D eigenvalue weighted by Gasteiger charge is -2.21. The molecule has 0 aliphatic carbocycles. The minimum absolute atomic E-state index is 0.141. The molecule has 0 radical (unpaired) electrons. The summed E-state index contributed by atoms with van der Waals surface area (Å²) in [4.78, 5) is 0.272. The zero-order valence-electron chi connectivity index (χ0n) is 13.4. The molecule has 1 saturated heterocycles. The van der Waals surface area contributed by atoms with Crippen LogP contribution in [0.5, 0.6) is 0 Å². The quantitative estimate of drug-likeness (QED) is 0.638. The summed E-state index contributed by atoms with van der Waals surface area (Å²) in [7, 11) is -3.46. The summed E-state index contributed by atoms with van der Waals surface area (Å²) in [6.07, 6.45) is 3.43. The summed E-state index contributed by atoms with van der Waals surface area (Å²) in [6.45, 7) is 3.26. The Balaban J connectivity index is 1.66. The van der Waals surface area contributed by atoms with E-state index >= 15 is 0 Å². The molecule has 0 aromatic heterocycles. The third-order valence-electron chi connectivity index (χ3n) is 3.48. The fraction of sp³-hybridized carbons (Fsp3) is 0.529. The SMILES string of the molecule is Cc1ccc(S(=O)(=O)NCCC#CCOC2CCCCO2)cc1. The summed E-state index contributed by atoms with van der Waals surface area (Å²) in [6, 6.07) is 6.75. The maximum Gasteiger partial charge on any atom is 0.240 e. The number of aryl methyl sites for hydroxylation is 1. The maximum absolute atomic E-state index is 12.0. The van der Waals surface area contributed by atoms with E-state index in [2.05, 4.69) is 16.6 Å². The van der Waals surface area contributed by atoms with E-state index in [0.29, 0.717) is 13.0 Å². The Morgan fingerprint density at radius 2 is 2.04 bits per heavy atom. The molecule has 1 aromatic carbocycles. The highest BCUT2D eigenvalue weighted by Crippen LogP contribution is 2.13. The number of hydrogen-bond donors (Lipinski definition) is 1. The highest BCUT2D eigenvalue weighted by Gasteiger charge is 2.13. The van der Waals surface area contributed by atoms with Crippen LogP contribution in [0.1, 0.15) is 31.2 Å². The number of ether oxygens (including phenoxy) is 2. The molecule has 1 aromatic rings. The van der Waals surface area contributed by atoms with Crippen molar-refractivity contribution in [2.75, 3.05) is 19.8 Å². The second-order valence-corrected chi connectivity index (χ2v) is 7.19. The zero-order chi connectivity index (χ0) is 16.5. The minimum atomic E-state index is -3.46. The van der Waals surface area contributed by atoms with E-state index in [0.717, 1.165) is 31.4 Å². The van der Waals surface area contributed by atoms with E-state index < -0.39 is 10.0 Å². The van der Waals surface area contributed by atoms with Gasteiger partial charge in [0.25, 0.3) is 0 Å². The van der Waals surface area contributed by atoms with Crippen LogP contribution in [0.3, 0.4) is 0 Å². The van der Waals surface area contributed by atoms with Gasteiger partial charge in [0.1, 0.15) is 6.61 Å². The summed E-state index contributed by atoms with van der Waals surface area (Å²) < 4.78 is 37.5. The molecule has 0 saturated carbocycles. The Morgan fingerprint density at radius 1 is 1.26 bits per heavy atom. The molecule has 0 amide bonds. The van der Waals surface area contributed by atoms with E-state index in [-0.39, 0.29) is 17.7 Å². The van der Waals surface area contributed by atoms with Gasteiger partial charge in [-0.25, -0.2) is 13.1 Å². The van der Waals surface area contributed by atoms with Gasteiger partial charge >= 0.3 is 0 Å². The van der Waals surface area contributed by atoms with Crippen molar-refractivity contribution in [2.45, 2.75) is 43.8 Å².